The molecule has 0 radical (unpaired) electrons. The zero-order valence-electron chi connectivity index (χ0n) is 10.5. The van der Waals surface area contributed by atoms with Crippen LogP contribution in [-0.4, -0.2) is 20.5 Å². The molecule has 0 atom stereocenters. The van der Waals surface area contributed by atoms with E-state index in [2.05, 4.69) is 4.98 Å². The third kappa shape index (κ3) is 2.21. The summed E-state index contributed by atoms with van der Waals surface area (Å²) >= 11 is 6.15. The van der Waals surface area contributed by atoms with E-state index in [1.807, 2.05) is 4.40 Å². The maximum absolute atomic E-state index is 11.0. The SMILES string of the molecule is O=C(O)c1ccn2c(C3CCCCC3)nc(Cl)c2c1. The second kappa shape index (κ2) is 4.85. The third-order valence-electron chi connectivity index (χ3n) is 3.84. The van der Waals surface area contributed by atoms with Gasteiger partial charge in [-0.05, 0) is 25.0 Å². The summed E-state index contributed by atoms with van der Waals surface area (Å²) in [5.74, 6) is 0.458. The normalized spacial score (nSPS) is 16.9. The number of rotatable bonds is 2. The fourth-order valence-electron chi connectivity index (χ4n) is 2.85. The molecular weight excluding hydrogens is 264 g/mol. The number of carboxylic acid groups (broad SMARTS) is 1. The van der Waals surface area contributed by atoms with Crippen LogP contribution in [0.25, 0.3) is 5.52 Å². The maximum atomic E-state index is 11.0. The Morgan fingerprint density at radius 1 is 1.37 bits per heavy atom. The standard InChI is InChI=1S/C14H15ClN2O2/c15-12-11-8-10(14(18)19)6-7-17(11)13(16-12)9-4-2-1-3-5-9/h6-9H,1-5H2,(H,18,19). The number of carbonyl (C=O) groups is 1. The zero-order valence-corrected chi connectivity index (χ0v) is 11.2. The quantitative estimate of drug-likeness (QED) is 0.910. The second-order valence-corrected chi connectivity index (χ2v) is 5.43. The van der Waals surface area contributed by atoms with Gasteiger partial charge in [-0.15, -0.1) is 0 Å². The Morgan fingerprint density at radius 3 is 2.79 bits per heavy atom. The van der Waals surface area contributed by atoms with Crippen molar-refractivity contribution in [1.29, 1.82) is 0 Å². The first-order chi connectivity index (χ1) is 9.16. The van der Waals surface area contributed by atoms with Crippen molar-refractivity contribution < 1.29 is 9.90 Å². The van der Waals surface area contributed by atoms with Gasteiger partial charge in [0.25, 0.3) is 0 Å². The van der Waals surface area contributed by atoms with Gasteiger partial charge in [-0.3, -0.25) is 0 Å². The molecule has 5 heteroatoms. The first-order valence-electron chi connectivity index (χ1n) is 6.57. The number of halogens is 1. The highest BCUT2D eigenvalue weighted by molar-refractivity contribution is 6.32. The van der Waals surface area contributed by atoms with E-state index < -0.39 is 5.97 Å². The number of aromatic nitrogens is 2. The molecule has 4 nitrogen and oxygen atoms in total. The van der Waals surface area contributed by atoms with Gasteiger partial charge in [-0.25, -0.2) is 9.78 Å². The predicted octanol–water partition coefficient (Wildman–Crippen LogP) is 3.73. The van der Waals surface area contributed by atoms with Crippen LogP contribution in [0.3, 0.4) is 0 Å². The van der Waals surface area contributed by atoms with Crippen LogP contribution >= 0.6 is 11.6 Å². The predicted molar refractivity (Wildman–Crippen MR) is 73.0 cm³/mol. The van der Waals surface area contributed by atoms with Crippen molar-refractivity contribution in [3.63, 3.8) is 0 Å². The highest BCUT2D eigenvalue weighted by Crippen LogP contribution is 2.34. The Labute approximate surface area is 116 Å². The zero-order chi connectivity index (χ0) is 13.4. The van der Waals surface area contributed by atoms with Crippen molar-refractivity contribution in [3.05, 3.63) is 34.9 Å². The third-order valence-corrected chi connectivity index (χ3v) is 4.12. The van der Waals surface area contributed by atoms with E-state index in [1.54, 1.807) is 18.3 Å². The van der Waals surface area contributed by atoms with Gasteiger partial charge in [0.05, 0.1) is 11.1 Å². The Bertz CT molecular complexity index is 630. The Kier molecular flexibility index (Phi) is 3.19. The topological polar surface area (TPSA) is 54.6 Å². The van der Waals surface area contributed by atoms with E-state index in [-0.39, 0.29) is 5.56 Å². The molecule has 0 unspecified atom stereocenters. The van der Waals surface area contributed by atoms with Crippen LogP contribution in [0, 0.1) is 0 Å². The fraction of sp³-hybridized carbons (Fsp3) is 0.429. The molecule has 0 saturated heterocycles. The molecule has 1 fully saturated rings. The molecule has 2 heterocycles. The first kappa shape index (κ1) is 12.5. The molecule has 100 valence electrons. The van der Waals surface area contributed by atoms with Gasteiger partial charge < -0.3 is 9.51 Å². The minimum Gasteiger partial charge on any atom is -0.478 e. The van der Waals surface area contributed by atoms with E-state index in [1.165, 1.54) is 19.3 Å². The Morgan fingerprint density at radius 2 is 2.11 bits per heavy atom. The monoisotopic (exact) mass is 278 g/mol. The van der Waals surface area contributed by atoms with Crippen molar-refractivity contribution in [2.24, 2.45) is 0 Å². The number of carboxylic acids is 1. The van der Waals surface area contributed by atoms with Crippen LogP contribution in [0.15, 0.2) is 18.3 Å². The van der Waals surface area contributed by atoms with Gasteiger partial charge in [-0.2, -0.15) is 0 Å². The smallest absolute Gasteiger partial charge is 0.335 e. The van der Waals surface area contributed by atoms with E-state index in [9.17, 15) is 4.79 Å². The number of fused-ring (bicyclic) bond motifs is 1. The van der Waals surface area contributed by atoms with Crippen LogP contribution in [0.5, 0.6) is 0 Å². The summed E-state index contributed by atoms with van der Waals surface area (Å²) in [6.45, 7) is 0. The number of imidazole rings is 1. The fourth-order valence-corrected chi connectivity index (χ4v) is 3.08. The number of pyridine rings is 1. The lowest BCUT2D eigenvalue weighted by Crippen LogP contribution is -2.08. The molecule has 2 aromatic rings. The minimum atomic E-state index is -0.945. The maximum Gasteiger partial charge on any atom is 0.335 e. The second-order valence-electron chi connectivity index (χ2n) is 5.07. The van der Waals surface area contributed by atoms with Gasteiger partial charge >= 0.3 is 5.97 Å². The molecule has 1 N–H and O–H groups in total. The van der Waals surface area contributed by atoms with Gasteiger partial charge in [0, 0.05) is 12.1 Å². The lowest BCUT2D eigenvalue weighted by molar-refractivity contribution is 0.0697. The van der Waals surface area contributed by atoms with E-state index >= 15 is 0 Å². The average molecular weight is 279 g/mol. The van der Waals surface area contributed by atoms with Crippen molar-refractivity contribution in [3.8, 4) is 0 Å². The Hall–Kier alpha value is -1.55. The summed E-state index contributed by atoms with van der Waals surface area (Å²) in [7, 11) is 0. The molecule has 0 bridgehead atoms. The van der Waals surface area contributed by atoms with Gasteiger partial charge in [0.2, 0.25) is 0 Å². The van der Waals surface area contributed by atoms with Gasteiger partial charge in [-0.1, -0.05) is 30.9 Å². The molecular formula is C14H15ClN2O2. The van der Waals surface area contributed by atoms with Crippen LogP contribution in [0.2, 0.25) is 5.15 Å². The highest BCUT2D eigenvalue weighted by atomic mass is 35.5. The number of hydrogen-bond donors (Lipinski definition) is 1. The summed E-state index contributed by atoms with van der Waals surface area (Å²) in [5, 5.41) is 9.41. The van der Waals surface area contributed by atoms with E-state index in [4.69, 9.17) is 16.7 Å². The number of aromatic carboxylic acids is 1. The van der Waals surface area contributed by atoms with Crippen LogP contribution in [0.4, 0.5) is 0 Å². The Balaban J connectivity index is 2.08. The molecule has 1 aliphatic carbocycles. The minimum absolute atomic E-state index is 0.240. The first-order valence-corrected chi connectivity index (χ1v) is 6.95. The molecule has 2 aromatic heterocycles. The average Bonchev–Trinajstić information content (AvgIpc) is 2.77. The molecule has 1 saturated carbocycles. The summed E-state index contributed by atoms with van der Waals surface area (Å²) < 4.78 is 1.94. The van der Waals surface area contributed by atoms with Crippen molar-refractivity contribution in [2.45, 2.75) is 38.0 Å². The lowest BCUT2D eigenvalue weighted by Gasteiger charge is -2.20. The van der Waals surface area contributed by atoms with Crippen LogP contribution < -0.4 is 0 Å². The lowest BCUT2D eigenvalue weighted by atomic mass is 9.89. The van der Waals surface area contributed by atoms with Gasteiger partial charge in [0.15, 0.2) is 5.15 Å². The highest BCUT2D eigenvalue weighted by Gasteiger charge is 2.22. The van der Waals surface area contributed by atoms with E-state index in [0.29, 0.717) is 16.6 Å². The molecule has 3 rings (SSSR count). The summed E-state index contributed by atoms with van der Waals surface area (Å²) in [5.41, 5.74) is 0.923. The van der Waals surface area contributed by atoms with Crippen LogP contribution in [-0.2, 0) is 0 Å². The molecule has 19 heavy (non-hydrogen) atoms. The molecule has 0 amide bonds. The van der Waals surface area contributed by atoms with Crippen LogP contribution in [0.1, 0.15) is 54.2 Å². The summed E-state index contributed by atoms with van der Waals surface area (Å²) in [4.78, 5) is 15.4. The summed E-state index contributed by atoms with van der Waals surface area (Å²) in [6, 6.07) is 3.18. The van der Waals surface area contributed by atoms with Crippen molar-refractivity contribution in [1.82, 2.24) is 9.38 Å². The number of nitrogens with zero attached hydrogens (tertiary/aromatic N) is 2. The molecule has 1 aliphatic rings. The van der Waals surface area contributed by atoms with E-state index in [0.717, 1.165) is 18.7 Å². The van der Waals surface area contributed by atoms with Gasteiger partial charge in [0.1, 0.15) is 5.82 Å². The van der Waals surface area contributed by atoms with Crippen molar-refractivity contribution in [2.75, 3.05) is 0 Å². The number of hydrogen-bond acceptors (Lipinski definition) is 2. The molecule has 0 spiro atoms. The summed E-state index contributed by atoms with van der Waals surface area (Å²) in [6.07, 6.45) is 7.78. The molecule has 0 aromatic carbocycles. The largest absolute Gasteiger partial charge is 0.478 e. The molecule has 0 aliphatic heterocycles. The van der Waals surface area contributed by atoms with Crippen molar-refractivity contribution >= 4 is 23.1 Å².